The van der Waals surface area contributed by atoms with Crippen LogP contribution in [0.2, 0.25) is 0 Å². The van der Waals surface area contributed by atoms with Crippen LogP contribution in [0.5, 0.6) is 11.5 Å². The van der Waals surface area contributed by atoms with Crippen molar-refractivity contribution in [2.45, 2.75) is 82.3 Å². The van der Waals surface area contributed by atoms with Crippen LogP contribution in [-0.4, -0.2) is 56.5 Å². The van der Waals surface area contributed by atoms with E-state index in [4.69, 9.17) is 28.5 Å². The normalized spacial score (nSPS) is 21.9. The molecule has 1 saturated heterocycles. The number of nitrogens with one attached hydrogen (secondary N) is 1. The van der Waals surface area contributed by atoms with Gasteiger partial charge in [0.05, 0.1) is 25.4 Å². The maximum absolute atomic E-state index is 17.1. The number of amidine groups is 1. The van der Waals surface area contributed by atoms with Crippen LogP contribution >= 0.6 is 0 Å². The summed E-state index contributed by atoms with van der Waals surface area (Å²) in [5, 5.41) is 3.58. The Morgan fingerprint density at radius 3 is 1.69 bits per heavy atom. The number of hydrogen-bond donors (Lipinski definition) is 1. The Morgan fingerprint density at radius 2 is 1.19 bits per heavy atom. The van der Waals surface area contributed by atoms with Crippen LogP contribution in [0.1, 0.15) is 70.7 Å². The fourth-order valence-electron chi connectivity index (χ4n) is 6.94. The number of methoxy groups -OCH3 is 2. The third-order valence-corrected chi connectivity index (χ3v) is 10.9. The van der Waals surface area contributed by atoms with E-state index in [1.165, 1.54) is 39.0 Å². The average molecular weight is 715 g/mol. The number of rotatable bonds is 8. The molecule has 2 aliphatic heterocycles. The Kier molecular flexibility index (Phi) is 9.56. The molecule has 0 bridgehead atoms. The molecule has 6 rings (SSSR count). The summed E-state index contributed by atoms with van der Waals surface area (Å²) < 4.78 is 79.9. The van der Waals surface area contributed by atoms with Gasteiger partial charge in [-0.2, -0.15) is 0 Å². The van der Waals surface area contributed by atoms with E-state index in [9.17, 15) is 0 Å². The van der Waals surface area contributed by atoms with E-state index in [0.717, 1.165) is 16.7 Å². The lowest BCUT2D eigenvalue weighted by molar-refractivity contribution is -0.214. The van der Waals surface area contributed by atoms with Gasteiger partial charge in [0.15, 0.2) is 5.54 Å². The summed E-state index contributed by atoms with van der Waals surface area (Å²) in [7, 11) is 2.26. The van der Waals surface area contributed by atoms with Crippen LogP contribution < -0.4 is 20.3 Å². The Morgan fingerprint density at radius 1 is 0.692 bits per heavy atom. The van der Waals surface area contributed by atoms with Crippen molar-refractivity contribution in [2.75, 3.05) is 20.8 Å². The predicted octanol–water partition coefficient (Wildman–Crippen LogP) is 7.78. The second-order valence-corrected chi connectivity index (χ2v) is 15.0. The molecular formula is C41H46BF3N2O5. The summed E-state index contributed by atoms with van der Waals surface area (Å²) in [4.78, 5) is 4.80. The molecule has 1 fully saturated rings. The number of ether oxygens (including phenoxy) is 3. The molecule has 4 aromatic carbocycles. The van der Waals surface area contributed by atoms with Crippen LogP contribution in [0.3, 0.4) is 0 Å². The van der Waals surface area contributed by atoms with E-state index >= 15 is 13.2 Å². The summed E-state index contributed by atoms with van der Waals surface area (Å²) in [5.41, 5.74) is -4.73. The van der Waals surface area contributed by atoms with E-state index in [-0.39, 0.29) is 18.0 Å². The average Bonchev–Trinajstić information content (AvgIpc) is 3.31. The number of nitrogens with zero attached hydrogens (tertiary/aromatic N) is 1. The quantitative estimate of drug-likeness (QED) is 0.149. The number of benzene rings is 4. The summed E-state index contributed by atoms with van der Waals surface area (Å²) in [6.45, 7) is 11.1. The standard InChI is InChI=1S/C41H46BF3N2O5/c1-36(2)37(3,4)52-42(51-36)30-19-24-34(43)33(25-30)39(7)41(44,45)38(5,6)50-26-35(46-39)47-40(27-13-11-10-12-14-27,28-15-20-31(48-8)21-16-28)29-17-22-32(49-9)23-18-29/h10-25H,26H2,1-9H3,(H,46,47). The predicted molar refractivity (Wildman–Crippen MR) is 197 cm³/mol. The lowest BCUT2D eigenvalue weighted by Gasteiger charge is -2.42. The molecule has 1 unspecified atom stereocenters. The minimum Gasteiger partial charge on any atom is -0.497 e. The molecule has 2 aliphatic rings. The van der Waals surface area contributed by atoms with Crippen molar-refractivity contribution in [1.29, 1.82) is 0 Å². The molecule has 0 amide bonds. The lowest BCUT2D eigenvalue weighted by atomic mass is 9.73. The summed E-state index contributed by atoms with van der Waals surface area (Å²) >= 11 is 0. The van der Waals surface area contributed by atoms with Gasteiger partial charge >= 0.3 is 13.0 Å². The van der Waals surface area contributed by atoms with Crippen molar-refractivity contribution < 1.29 is 36.7 Å². The zero-order chi connectivity index (χ0) is 37.7. The van der Waals surface area contributed by atoms with Gasteiger partial charge in [0.1, 0.15) is 40.9 Å². The van der Waals surface area contributed by atoms with Gasteiger partial charge in [-0.05, 0) is 101 Å². The number of hydrogen-bond acceptors (Lipinski definition) is 7. The highest BCUT2D eigenvalue weighted by atomic mass is 19.3. The van der Waals surface area contributed by atoms with Crippen molar-refractivity contribution in [3.05, 3.63) is 125 Å². The van der Waals surface area contributed by atoms with Crippen LogP contribution in [0.4, 0.5) is 13.2 Å². The minimum atomic E-state index is -3.71. The van der Waals surface area contributed by atoms with E-state index in [2.05, 4.69) is 5.32 Å². The molecule has 274 valence electrons. The monoisotopic (exact) mass is 714 g/mol. The Hall–Kier alpha value is -4.32. The van der Waals surface area contributed by atoms with Crippen molar-refractivity contribution >= 4 is 18.4 Å². The number of halogens is 3. The van der Waals surface area contributed by atoms with Crippen molar-refractivity contribution in [1.82, 2.24) is 5.32 Å². The molecule has 2 heterocycles. The molecule has 1 atom stereocenters. The maximum Gasteiger partial charge on any atom is 0.494 e. The second-order valence-electron chi connectivity index (χ2n) is 15.0. The Bertz CT molecular complexity index is 1870. The third kappa shape index (κ3) is 6.16. The van der Waals surface area contributed by atoms with Crippen molar-refractivity contribution in [3.63, 3.8) is 0 Å². The zero-order valence-corrected chi connectivity index (χ0v) is 31.1. The molecule has 1 N–H and O–H groups in total. The molecule has 0 radical (unpaired) electrons. The van der Waals surface area contributed by atoms with Gasteiger partial charge in [-0.15, -0.1) is 0 Å². The summed E-state index contributed by atoms with van der Waals surface area (Å²) in [6.07, 6.45) is 0. The smallest absolute Gasteiger partial charge is 0.494 e. The topological polar surface area (TPSA) is 70.5 Å². The molecule has 7 nitrogen and oxygen atoms in total. The summed E-state index contributed by atoms with van der Waals surface area (Å²) in [5.74, 6) is -3.19. The van der Waals surface area contributed by atoms with Gasteiger partial charge < -0.3 is 28.8 Å². The number of alkyl halides is 2. The second kappa shape index (κ2) is 13.3. The fourth-order valence-corrected chi connectivity index (χ4v) is 6.94. The third-order valence-electron chi connectivity index (χ3n) is 10.9. The first kappa shape index (κ1) is 37.4. The first-order chi connectivity index (χ1) is 24.4. The molecule has 0 aliphatic carbocycles. The van der Waals surface area contributed by atoms with E-state index in [1.807, 2.05) is 107 Å². The first-order valence-electron chi connectivity index (χ1n) is 17.3. The van der Waals surface area contributed by atoms with Crippen LogP contribution in [-0.2, 0) is 25.1 Å². The molecule has 11 heteroatoms. The van der Waals surface area contributed by atoms with Gasteiger partial charge in [0.2, 0.25) is 0 Å². The summed E-state index contributed by atoms with van der Waals surface area (Å²) in [6, 6.07) is 28.6. The van der Waals surface area contributed by atoms with Gasteiger partial charge in [0, 0.05) is 5.56 Å². The maximum atomic E-state index is 17.1. The number of aliphatic imine (C=N–C) groups is 1. The zero-order valence-electron chi connectivity index (χ0n) is 31.1. The van der Waals surface area contributed by atoms with Gasteiger partial charge in [0.25, 0.3) is 0 Å². The highest BCUT2D eigenvalue weighted by Gasteiger charge is 2.64. The van der Waals surface area contributed by atoms with Crippen LogP contribution in [0.15, 0.2) is 102 Å². The Labute approximate surface area is 304 Å². The minimum absolute atomic E-state index is 0.0867. The first-order valence-corrected chi connectivity index (χ1v) is 17.3. The van der Waals surface area contributed by atoms with Gasteiger partial charge in [-0.25, -0.2) is 13.2 Å². The Balaban J connectivity index is 1.57. The van der Waals surface area contributed by atoms with Crippen LogP contribution in [0, 0.1) is 5.82 Å². The largest absolute Gasteiger partial charge is 0.497 e. The SMILES string of the molecule is COc1ccc(C(NC2=NC(C)(c3cc(B4OC(C)(C)C(C)(C)O4)ccc3F)C(F)(F)C(C)(C)OC2)(c2ccccc2)c2ccc(OC)cc2)cc1. The van der Waals surface area contributed by atoms with Crippen molar-refractivity contribution in [3.8, 4) is 11.5 Å². The molecule has 52 heavy (non-hydrogen) atoms. The van der Waals surface area contributed by atoms with Gasteiger partial charge in [-0.1, -0.05) is 66.7 Å². The molecular weight excluding hydrogens is 668 g/mol. The van der Waals surface area contributed by atoms with Crippen LogP contribution in [0.25, 0.3) is 0 Å². The highest BCUT2D eigenvalue weighted by molar-refractivity contribution is 6.62. The van der Waals surface area contributed by atoms with E-state index in [0.29, 0.717) is 17.0 Å². The molecule has 0 aromatic heterocycles. The van der Waals surface area contributed by atoms with E-state index < -0.39 is 46.7 Å². The fraction of sp³-hybridized carbons (Fsp3) is 0.390. The molecule has 4 aromatic rings. The lowest BCUT2D eigenvalue weighted by Crippen LogP contribution is -2.56. The van der Waals surface area contributed by atoms with E-state index in [1.54, 1.807) is 14.2 Å². The highest BCUT2D eigenvalue weighted by Crippen LogP contribution is 2.51. The van der Waals surface area contributed by atoms with Gasteiger partial charge in [-0.3, -0.25) is 4.99 Å². The molecule has 0 saturated carbocycles. The molecule has 0 spiro atoms. The van der Waals surface area contributed by atoms with Crippen molar-refractivity contribution in [2.24, 2.45) is 4.99 Å².